The Kier molecular flexibility index (Phi) is 7.80. The number of benzene rings is 2. The summed E-state index contributed by atoms with van der Waals surface area (Å²) < 4.78 is 0. The van der Waals surface area contributed by atoms with Gasteiger partial charge in [0.1, 0.15) is 0 Å². The third kappa shape index (κ3) is 6.43. The highest BCUT2D eigenvalue weighted by Gasteiger charge is 2.10. The first kappa shape index (κ1) is 19.3. The number of hydrogen-bond donors (Lipinski definition) is 2. The number of rotatable bonds is 8. The van der Waals surface area contributed by atoms with Gasteiger partial charge in [-0.25, -0.2) is 4.79 Å². The van der Waals surface area contributed by atoms with Gasteiger partial charge in [-0.05, 0) is 54.2 Å². The molecular formula is C21H27ClN2O. The summed E-state index contributed by atoms with van der Waals surface area (Å²) in [5.74, 6) is 0.614. The Balaban J connectivity index is 1.87. The van der Waals surface area contributed by atoms with Crippen molar-refractivity contribution < 1.29 is 4.79 Å². The standard InChI is InChI=1S/C21H27ClN2O/c1-3-5-17(6-4-2)18-9-13-20(14-10-18)24-21(25)23-15-16-7-11-19(22)12-8-16/h7-14,17H,3-6,15H2,1-2H3,(H2,23,24,25). The molecule has 0 aliphatic rings. The van der Waals surface area contributed by atoms with Gasteiger partial charge in [-0.2, -0.15) is 0 Å². The van der Waals surface area contributed by atoms with E-state index in [0.717, 1.165) is 11.3 Å². The summed E-state index contributed by atoms with van der Waals surface area (Å²) in [5.41, 5.74) is 3.18. The number of urea groups is 1. The van der Waals surface area contributed by atoms with Gasteiger partial charge in [-0.15, -0.1) is 0 Å². The number of amides is 2. The van der Waals surface area contributed by atoms with Gasteiger partial charge in [0.25, 0.3) is 0 Å². The molecule has 0 heterocycles. The SMILES string of the molecule is CCCC(CCC)c1ccc(NC(=O)NCc2ccc(Cl)cc2)cc1. The van der Waals surface area contributed by atoms with Crippen molar-refractivity contribution >= 4 is 23.3 Å². The third-order valence-electron chi connectivity index (χ3n) is 4.28. The van der Waals surface area contributed by atoms with Crippen LogP contribution in [0.4, 0.5) is 10.5 Å². The molecule has 0 spiro atoms. The lowest BCUT2D eigenvalue weighted by molar-refractivity contribution is 0.251. The summed E-state index contributed by atoms with van der Waals surface area (Å²) in [5, 5.41) is 6.42. The minimum atomic E-state index is -0.207. The Hall–Kier alpha value is -2.00. The molecular weight excluding hydrogens is 332 g/mol. The lowest BCUT2D eigenvalue weighted by Gasteiger charge is -2.16. The van der Waals surface area contributed by atoms with Crippen LogP contribution in [0.5, 0.6) is 0 Å². The molecule has 0 atom stereocenters. The normalized spacial score (nSPS) is 10.7. The molecule has 0 aliphatic carbocycles. The molecule has 3 nitrogen and oxygen atoms in total. The largest absolute Gasteiger partial charge is 0.334 e. The van der Waals surface area contributed by atoms with Crippen LogP contribution < -0.4 is 10.6 Å². The summed E-state index contributed by atoms with van der Waals surface area (Å²) in [7, 11) is 0. The molecule has 0 saturated carbocycles. The van der Waals surface area contributed by atoms with E-state index in [4.69, 9.17) is 11.6 Å². The number of anilines is 1. The van der Waals surface area contributed by atoms with Crippen molar-refractivity contribution in [1.29, 1.82) is 0 Å². The zero-order chi connectivity index (χ0) is 18.1. The fraction of sp³-hybridized carbons (Fsp3) is 0.381. The van der Waals surface area contributed by atoms with Crippen LogP contribution in [0.15, 0.2) is 48.5 Å². The Labute approximate surface area is 155 Å². The van der Waals surface area contributed by atoms with Crippen molar-refractivity contribution in [3.63, 3.8) is 0 Å². The first-order valence-electron chi connectivity index (χ1n) is 9.01. The van der Waals surface area contributed by atoms with E-state index < -0.39 is 0 Å². The van der Waals surface area contributed by atoms with Gasteiger partial charge in [0.15, 0.2) is 0 Å². The van der Waals surface area contributed by atoms with Gasteiger partial charge in [0.05, 0.1) is 0 Å². The van der Waals surface area contributed by atoms with E-state index in [1.54, 1.807) is 0 Å². The van der Waals surface area contributed by atoms with Crippen LogP contribution in [0, 0.1) is 0 Å². The average Bonchev–Trinajstić information content (AvgIpc) is 2.62. The molecule has 2 aromatic rings. The van der Waals surface area contributed by atoms with Crippen molar-refractivity contribution in [2.75, 3.05) is 5.32 Å². The summed E-state index contributed by atoms with van der Waals surface area (Å²) in [6.07, 6.45) is 4.81. The van der Waals surface area contributed by atoms with E-state index in [1.165, 1.54) is 31.2 Å². The quantitative estimate of drug-likeness (QED) is 0.567. The Morgan fingerprint density at radius 2 is 1.56 bits per heavy atom. The van der Waals surface area contributed by atoms with Crippen molar-refractivity contribution in [3.8, 4) is 0 Å². The maximum atomic E-state index is 12.0. The van der Waals surface area contributed by atoms with Crippen LogP contribution in [0.3, 0.4) is 0 Å². The smallest absolute Gasteiger partial charge is 0.319 e. The van der Waals surface area contributed by atoms with Gasteiger partial charge in [-0.1, -0.05) is 62.6 Å². The summed E-state index contributed by atoms with van der Waals surface area (Å²) in [6, 6.07) is 15.5. The average molecular weight is 359 g/mol. The molecule has 2 aromatic carbocycles. The molecule has 0 bridgehead atoms. The maximum Gasteiger partial charge on any atom is 0.319 e. The van der Waals surface area contributed by atoms with E-state index in [1.807, 2.05) is 36.4 Å². The predicted molar refractivity (Wildman–Crippen MR) is 106 cm³/mol. The van der Waals surface area contributed by atoms with Crippen LogP contribution in [0.25, 0.3) is 0 Å². The predicted octanol–water partition coefficient (Wildman–Crippen LogP) is 6.35. The van der Waals surface area contributed by atoms with Crippen molar-refractivity contribution in [2.24, 2.45) is 0 Å². The fourth-order valence-corrected chi connectivity index (χ4v) is 3.10. The van der Waals surface area contributed by atoms with Crippen molar-refractivity contribution in [1.82, 2.24) is 5.32 Å². The summed E-state index contributed by atoms with van der Waals surface area (Å²) in [4.78, 5) is 12.0. The van der Waals surface area contributed by atoms with E-state index in [9.17, 15) is 4.79 Å². The first-order valence-corrected chi connectivity index (χ1v) is 9.39. The molecule has 0 aromatic heterocycles. The van der Waals surface area contributed by atoms with Gasteiger partial charge in [0.2, 0.25) is 0 Å². The Morgan fingerprint density at radius 1 is 0.960 bits per heavy atom. The number of nitrogens with one attached hydrogen (secondary N) is 2. The van der Waals surface area contributed by atoms with Gasteiger partial charge < -0.3 is 10.6 Å². The van der Waals surface area contributed by atoms with Crippen LogP contribution >= 0.6 is 11.6 Å². The molecule has 0 fully saturated rings. The molecule has 25 heavy (non-hydrogen) atoms. The molecule has 134 valence electrons. The third-order valence-corrected chi connectivity index (χ3v) is 4.53. The molecule has 2 N–H and O–H groups in total. The van der Waals surface area contributed by atoms with E-state index in [0.29, 0.717) is 17.5 Å². The maximum absolute atomic E-state index is 12.0. The van der Waals surface area contributed by atoms with Crippen molar-refractivity contribution in [3.05, 3.63) is 64.7 Å². The number of carbonyl (C=O) groups excluding carboxylic acids is 1. The molecule has 0 radical (unpaired) electrons. The fourth-order valence-electron chi connectivity index (χ4n) is 2.97. The first-order chi connectivity index (χ1) is 12.1. The van der Waals surface area contributed by atoms with E-state index in [2.05, 4.69) is 36.6 Å². The van der Waals surface area contributed by atoms with Crippen LogP contribution in [-0.2, 0) is 6.54 Å². The zero-order valence-electron chi connectivity index (χ0n) is 15.0. The number of carbonyl (C=O) groups is 1. The minimum absolute atomic E-state index is 0.207. The van der Waals surface area contributed by atoms with E-state index in [-0.39, 0.29) is 6.03 Å². The molecule has 0 aliphatic heterocycles. The number of halogens is 1. The van der Waals surface area contributed by atoms with Gasteiger partial charge in [-0.3, -0.25) is 0 Å². The zero-order valence-corrected chi connectivity index (χ0v) is 15.8. The molecule has 0 saturated heterocycles. The second-order valence-corrected chi connectivity index (χ2v) is 6.77. The second kappa shape index (κ2) is 10.1. The highest BCUT2D eigenvalue weighted by Crippen LogP contribution is 2.27. The second-order valence-electron chi connectivity index (χ2n) is 6.33. The van der Waals surface area contributed by atoms with Gasteiger partial charge in [0, 0.05) is 17.3 Å². The van der Waals surface area contributed by atoms with Gasteiger partial charge >= 0.3 is 6.03 Å². The monoisotopic (exact) mass is 358 g/mol. The lowest BCUT2D eigenvalue weighted by atomic mass is 9.90. The topological polar surface area (TPSA) is 41.1 Å². The van der Waals surface area contributed by atoms with Crippen LogP contribution in [0.1, 0.15) is 56.6 Å². The molecule has 4 heteroatoms. The van der Waals surface area contributed by atoms with Crippen LogP contribution in [0.2, 0.25) is 5.02 Å². The number of hydrogen-bond acceptors (Lipinski definition) is 1. The van der Waals surface area contributed by atoms with E-state index >= 15 is 0 Å². The highest BCUT2D eigenvalue weighted by molar-refractivity contribution is 6.30. The summed E-state index contributed by atoms with van der Waals surface area (Å²) in [6.45, 7) is 4.92. The Bertz CT molecular complexity index is 647. The molecule has 2 amide bonds. The minimum Gasteiger partial charge on any atom is -0.334 e. The Morgan fingerprint density at radius 3 is 2.12 bits per heavy atom. The molecule has 2 rings (SSSR count). The highest BCUT2D eigenvalue weighted by atomic mass is 35.5. The molecule has 0 unspecified atom stereocenters. The lowest BCUT2D eigenvalue weighted by Crippen LogP contribution is -2.28. The van der Waals surface area contributed by atoms with Crippen molar-refractivity contribution in [2.45, 2.75) is 52.0 Å². The summed E-state index contributed by atoms with van der Waals surface area (Å²) >= 11 is 5.86. The van der Waals surface area contributed by atoms with Crippen LogP contribution in [-0.4, -0.2) is 6.03 Å².